The van der Waals surface area contributed by atoms with E-state index in [1.807, 2.05) is 7.05 Å². The SMILES string of the molecule is CNCCNC(=O)C1CCN(C(=O)c2ccc(NC(=O)c3ncc(-c4ccc(OCC#N)c(F)c4F)n3C)cc2Cl)CC1.O=CO. The van der Waals surface area contributed by atoms with Crippen molar-refractivity contribution >= 4 is 41.5 Å². The second-order valence-corrected chi connectivity index (χ2v) is 10.3. The van der Waals surface area contributed by atoms with Gasteiger partial charge in [0.1, 0.15) is 6.07 Å². The van der Waals surface area contributed by atoms with Crippen LogP contribution in [0.2, 0.25) is 5.02 Å². The second-order valence-electron chi connectivity index (χ2n) is 9.93. The van der Waals surface area contributed by atoms with Crippen LogP contribution in [0.4, 0.5) is 14.5 Å². The number of hydrogen-bond donors (Lipinski definition) is 4. The number of benzene rings is 2. The van der Waals surface area contributed by atoms with Crippen LogP contribution in [-0.2, 0) is 16.6 Å². The number of amides is 3. The standard InChI is InChI=1S/C29H30ClF2N7O4.CH2O2/c1-34-10-11-35-27(40)17-7-12-39(13-8-17)29(42)19-4-3-18(15-21(19)30)37-28(41)26-36-16-22(38(26)2)20-5-6-23(43-14-9-33)25(32)24(20)31;2-1-3/h3-6,15-17,34H,7-8,10-14H2,1-2H3,(H,35,40)(H,37,41);1H,(H,2,3). The molecule has 13 nitrogen and oxygen atoms in total. The first-order chi connectivity index (χ1) is 22.1. The van der Waals surface area contributed by atoms with E-state index in [1.165, 1.54) is 48.1 Å². The minimum Gasteiger partial charge on any atom is -0.483 e. The molecule has 0 unspecified atom stereocenters. The van der Waals surface area contributed by atoms with Crippen molar-refractivity contribution in [1.82, 2.24) is 25.1 Å². The topological polar surface area (TPSA) is 179 Å². The number of nitrogens with zero attached hydrogens (tertiary/aromatic N) is 4. The zero-order valence-corrected chi connectivity index (χ0v) is 25.7. The summed E-state index contributed by atoms with van der Waals surface area (Å²) in [6, 6.07) is 8.61. The molecule has 0 bridgehead atoms. The number of carbonyl (C=O) groups excluding carboxylic acids is 3. The molecule has 2 aromatic carbocycles. The normalized spacial score (nSPS) is 12.7. The fraction of sp³-hybridized carbons (Fsp3) is 0.333. The van der Waals surface area contributed by atoms with Crippen molar-refractivity contribution in [2.75, 3.05) is 45.2 Å². The van der Waals surface area contributed by atoms with Gasteiger partial charge < -0.3 is 35.3 Å². The lowest BCUT2D eigenvalue weighted by molar-refractivity contribution is -0.126. The van der Waals surface area contributed by atoms with Gasteiger partial charge in [0.05, 0.1) is 22.5 Å². The van der Waals surface area contributed by atoms with Crippen LogP contribution < -0.4 is 20.7 Å². The highest BCUT2D eigenvalue weighted by Crippen LogP contribution is 2.31. The zero-order chi connectivity index (χ0) is 33.8. The number of hydrogen-bond acceptors (Lipinski definition) is 8. The van der Waals surface area contributed by atoms with Crippen LogP contribution in [0.25, 0.3) is 11.3 Å². The number of rotatable bonds is 10. The number of carbonyl (C=O) groups is 4. The molecule has 16 heteroatoms. The van der Waals surface area contributed by atoms with Gasteiger partial charge in [-0.25, -0.2) is 9.37 Å². The number of anilines is 1. The third kappa shape index (κ3) is 8.55. The van der Waals surface area contributed by atoms with E-state index in [-0.39, 0.29) is 51.9 Å². The molecular weight excluding hydrogens is 628 g/mol. The number of carboxylic acid groups (broad SMARTS) is 1. The number of ether oxygens (including phenoxy) is 1. The third-order valence-electron chi connectivity index (χ3n) is 7.09. The van der Waals surface area contributed by atoms with E-state index >= 15 is 0 Å². The average molecular weight is 660 g/mol. The van der Waals surface area contributed by atoms with Gasteiger partial charge in [-0.15, -0.1) is 0 Å². The summed E-state index contributed by atoms with van der Waals surface area (Å²) in [7, 11) is 3.28. The summed E-state index contributed by atoms with van der Waals surface area (Å²) >= 11 is 6.42. The molecule has 1 saturated heterocycles. The Morgan fingerprint density at radius 2 is 1.87 bits per heavy atom. The Bertz CT molecular complexity index is 1620. The number of nitrogens with one attached hydrogen (secondary N) is 3. The number of likely N-dealkylation sites (tertiary alicyclic amines) is 1. The maximum Gasteiger partial charge on any atom is 0.291 e. The monoisotopic (exact) mass is 659 g/mol. The minimum absolute atomic E-state index is 0.0166. The van der Waals surface area contributed by atoms with Crippen LogP contribution in [0.3, 0.4) is 0 Å². The first-order valence-corrected chi connectivity index (χ1v) is 14.4. The van der Waals surface area contributed by atoms with Crippen molar-refractivity contribution in [2.24, 2.45) is 13.0 Å². The van der Waals surface area contributed by atoms with Gasteiger partial charge in [0.2, 0.25) is 11.7 Å². The van der Waals surface area contributed by atoms with Crippen LogP contribution >= 0.6 is 11.6 Å². The predicted molar refractivity (Wildman–Crippen MR) is 163 cm³/mol. The molecule has 2 heterocycles. The Morgan fingerprint density at radius 1 is 1.17 bits per heavy atom. The smallest absolute Gasteiger partial charge is 0.291 e. The van der Waals surface area contributed by atoms with E-state index in [0.717, 1.165) is 0 Å². The molecule has 0 saturated carbocycles. The molecule has 1 fully saturated rings. The quantitative estimate of drug-likeness (QED) is 0.188. The fourth-order valence-corrected chi connectivity index (χ4v) is 5.01. The zero-order valence-electron chi connectivity index (χ0n) is 25.0. The molecule has 1 aliphatic heterocycles. The maximum atomic E-state index is 14.8. The number of aromatic nitrogens is 2. The molecule has 3 aromatic rings. The molecule has 0 atom stereocenters. The summed E-state index contributed by atoms with van der Waals surface area (Å²) in [6.45, 7) is 1.36. The van der Waals surface area contributed by atoms with Crippen LogP contribution in [-0.4, -0.2) is 83.6 Å². The van der Waals surface area contributed by atoms with Gasteiger partial charge in [-0.1, -0.05) is 11.6 Å². The van der Waals surface area contributed by atoms with Crippen LogP contribution in [0.15, 0.2) is 36.5 Å². The van der Waals surface area contributed by atoms with Gasteiger partial charge in [0.15, 0.2) is 24.0 Å². The summed E-state index contributed by atoms with van der Waals surface area (Å²) in [5.74, 6) is -4.06. The van der Waals surface area contributed by atoms with Gasteiger partial charge in [0.25, 0.3) is 18.3 Å². The number of halogens is 3. The largest absolute Gasteiger partial charge is 0.483 e. The van der Waals surface area contributed by atoms with E-state index in [1.54, 1.807) is 11.0 Å². The van der Waals surface area contributed by atoms with Crippen molar-refractivity contribution in [2.45, 2.75) is 12.8 Å². The van der Waals surface area contributed by atoms with E-state index in [2.05, 4.69) is 20.9 Å². The van der Waals surface area contributed by atoms with Crippen LogP contribution in [0.1, 0.15) is 33.8 Å². The van der Waals surface area contributed by atoms with Gasteiger partial charge in [-0.05, 0) is 50.2 Å². The Kier molecular flexibility index (Phi) is 13.0. The molecule has 0 spiro atoms. The lowest BCUT2D eigenvalue weighted by Gasteiger charge is -2.31. The molecule has 1 aliphatic rings. The Labute approximate surface area is 268 Å². The van der Waals surface area contributed by atoms with Gasteiger partial charge in [-0.2, -0.15) is 9.65 Å². The summed E-state index contributed by atoms with van der Waals surface area (Å²) < 4.78 is 35.4. The number of nitriles is 1. The molecule has 0 aliphatic carbocycles. The highest BCUT2D eigenvalue weighted by Gasteiger charge is 2.29. The molecular formula is C30H32ClF2N7O6. The highest BCUT2D eigenvalue weighted by molar-refractivity contribution is 6.34. The summed E-state index contributed by atoms with van der Waals surface area (Å²) in [4.78, 5) is 52.5. The van der Waals surface area contributed by atoms with Crippen LogP contribution in [0.5, 0.6) is 5.75 Å². The summed E-state index contributed by atoms with van der Waals surface area (Å²) in [5, 5.41) is 24.1. The Hall–Kier alpha value is -5.07. The van der Waals surface area contributed by atoms with Crippen molar-refractivity contribution in [1.29, 1.82) is 5.26 Å². The molecule has 0 radical (unpaired) electrons. The Balaban J connectivity index is 0.00000185. The molecule has 46 heavy (non-hydrogen) atoms. The first kappa shape index (κ1) is 35.4. The van der Waals surface area contributed by atoms with Crippen molar-refractivity contribution in [3.8, 4) is 23.1 Å². The fourth-order valence-electron chi connectivity index (χ4n) is 4.75. The maximum absolute atomic E-state index is 14.8. The van der Waals surface area contributed by atoms with E-state index < -0.39 is 29.9 Å². The van der Waals surface area contributed by atoms with Gasteiger partial charge in [-0.3, -0.25) is 19.2 Å². The predicted octanol–water partition coefficient (Wildman–Crippen LogP) is 3.06. The second kappa shape index (κ2) is 16.8. The van der Waals surface area contributed by atoms with Crippen molar-refractivity contribution in [3.05, 3.63) is 64.6 Å². The van der Waals surface area contributed by atoms with Crippen molar-refractivity contribution in [3.63, 3.8) is 0 Å². The third-order valence-corrected chi connectivity index (χ3v) is 7.40. The van der Waals surface area contributed by atoms with E-state index in [4.69, 9.17) is 31.5 Å². The van der Waals surface area contributed by atoms with Crippen molar-refractivity contribution < 1.29 is 37.8 Å². The van der Waals surface area contributed by atoms with Gasteiger partial charge >= 0.3 is 0 Å². The van der Waals surface area contributed by atoms with Crippen LogP contribution in [0, 0.1) is 28.9 Å². The summed E-state index contributed by atoms with van der Waals surface area (Å²) in [6.07, 6.45) is 2.32. The molecule has 3 amide bonds. The average Bonchev–Trinajstić information content (AvgIpc) is 3.43. The minimum atomic E-state index is -1.26. The lowest BCUT2D eigenvalue weighted by atomic mass is 9.95. The number of likely N-dealkylation sites (N-methyl/N-ethyl adjacent to an activating group) is 1. The molecule has 4 N–H and O–H groups in total. The van der Waals surface area contributed by atoms with E-state index in [0.29, 0.717) is 44.7 Å². The molecule has 1 aromatic heterocycles. The van der Waals surface area contributed by atoms with E-state index in [9.17, 15) is 23.2 Å². The van der Waals surface area contributed by atoms with Gasteiger partial charge in [0, 0.05) is 50.4 Å². The first-order valence-electron chi connectivity index (χ1n) is 14.0. The molecule has 244 valence electrons. The lowest BCUT2D eigenvalue weighted by Crippen LogP contribution is -2.44. The summed E-state index contributed by atoms with van der Waals surface area (Å²) in [5.41, 5.74) is 0.534. The highest BCUT2D eigenvalue weighted by atomic mass is 35.5. The molecule has 4 rings (SSSR count). The number of imidazole rings is 1. The Morgan fingerprint density at radius 3 is 2.50 bits per heavy atom. The number of piperidine rings is 1.